The van der Waals surface area contributed by atoms with Gasteiger partial charge in [0.1, 0.15) is 5.75 Å². The maximum atomic E-state index is 12.8. The van der Waals surface area contributed by atoms with E-state index in [0.29, 0.717) is 23.1 Å². The summed E-state index contributed by atoms with van der Waals surface area (Å²) in [4.78, 5) is 35.8. The van der Waals surface area contributed by atoms with Gasteiger partial charge in [-0.3, -0.25) is 9.59 Å². The van der Waals surface area contributed by atoms with Crippen LogP contribution in [0.1, 0.15) is 30.8 Å². The minimum atomic E-state index is -0.677. The van der Waals surface area contributed by atoms with Gasteiger partial charge in [0.2, 0.25) is 0 Å². The SMILES string of the molecule is COc1ccc(-c2[nH]c3ccccc3c2CCC(=O)OC(C)c2nc3ccccc3c(=O)[nH]2)cc1. The van der Waals surface area contributed by atoms with Crippen LogP contribution in [-0.2, 0) is 16.0 Å². The molecule has 0 saturated carbocycles. The molecule has 0 saturated heterocycles. The van der Waals surface area contributed by atoms with Crippen molar-refractivity contribution in [3.05, 3.63) is 94.5 Å². The molecule has 0 amide bonds. The van der Waals surface area contributed by atoms with Crippen LogP contribution in [0.2, 0.25) is 0 Å². The molecule has 0 aliphatic heterocycles. The number of aryl methyl sites for hydroxylation is 1. The van der Waals surface area contributed by atoms with Crippen molar-refractivity contribution in [2.24, 2.45) is 0 Å². The van der Waals surface area contributed by atoms with E-state index in [4.69, 9.17) is 9.47 Å². The van der Waals surface area contributed by atoms with Crippen LogP contribution in [0.3, 0.4) is 0 Å². The van der Waals surface area contributed by atoms with Crippen molar-refractivity contribution >= 4 is 27.8 Å². The number of hydrogen-bond acceptors (Lipinski definition) is 5. The van der Waals surface area contributed by atoms with Gasteiger partial charge in [-0.1, -0.05) is 30.3 Å². The van der Waals surface area contributed by atoms with Crippen molar-refractivity contribution in [2.45, 2.75) is 25.9 Å². The minimum Gasteiger partial charge on any atom is -0.497 e. The summed E-state index contributed by atoms with van der Waals surface area (Å²) in [5, 5.41) is 1.57. The van der Waals surface area contributed by atoms with Gasteiger partial charge in [-0.2, -0.15) is 0 Å². The second-order valence-corrected chi connectivity index (χ2v) is 8.35. The maximum Gasteiger partial charge on any atom is 0.306 e. The number of nitrogens with one attached hydrogen (secondary N) is 2. The molecule has 2 N–H and O–H groups in total. The largest absolute Gasteiger partial charge is 0.497 e. The van der Waals surface area contributed by atoms with Crippen molar-refractivity contribution < 1.29 is 14.3 Å². The van der Waals surface area contributed by atoms with Crippen LogP contribution < -0.4 is 10.3 Å². The van der Waals surface area contributed by atoms with Crippen LogP contribution >= 0.6 is 0 Å². The predicted molar refractivity (Wildman–Crippen MR) is 135 cm³/mol. The monoisotopic (exact) mass is 467 g/mol. The third kappa shape index (κ3) is 4.53. The number of H-pyrrole nitrogens is 2. The average Bonchev–Trinajstić information content (AvgIpc) is 3.26. The zero-order valence-corrected chi connectivity index (χ0v) is 19.5. The second kappa shape index (κ2) is 9.46. The van der Waals surface area contributed by atoms with E-state index in [-0.39, 0.29) is 17.9 Å². The lowest BCUT2D eigenvalue weighted by Gasteiger charge is -2.13. The second-order valence-electron chi connectivity index (χ2n) is 8.35. The zero-order valence-electron chi connectivity index (χ0n) is 19.5. The van der Waals surface area contributed by atoms with Gasteiger partial charge in [0.25, 0.3) is 5.56 Å². The fourth-order valence-electron chi connectivity index (χ4n) is 4.30. The number of para-hydroxylation sites is 2. The lowest BCUT2D eigenvalue weighted by Crippen LogP contribution is -2.17. The fourth-order valence-corrected chi connectivity index (χ4v) is 4.30. The molecule has 1 atom stereocenters. The van der Waals surface area contributed by atoms with E-state index in [1.165, 1.54) is 0 Å². The summed E-state index contributed by atoms with van der Waals surface area (Å²) in [5.74, 6) is 0.747. The van der Waals surface area contributed by atoms with Gasteiger partial charge in [-0.05, 0) is 66.9 Å². The average molecular weight is 468 g/mol. The number of aromatic nitrogens is 3. The molecule has 2 aromatic heterocycles. The number of carbonyl (C=O) groups is 1. The number of hydrogen-bond donors (Lipinski definition) is 2. The van der Waals surface area contributed by atoms with Crippen LogP contribution in [0, 0.1) is 0 Å². The maximum absolute atomic E-state index is 12.8. The van der Waals surface area contributed by atoms with E-state index in [1.807, 2.05) is 54.6 Å². The smallest absolute Gasteiger partial charge is 0.306 e. The molecule has 35 heavy (non-hydrogen) atoms. The van der Waals surface area contributed by atoms with Crippen molar-refractivity contribution in [1.29, 1.82) is 0 Å². The Bertz CT molecular complexity index is 1570. The van der Waals surface area contributed by atoms with Crippen LogP contribution in [0.25, 0.3) is 33.1 Å². The summed E-state index contributed by atoms with van der Waals surface area (Å²) < 4.78 is 10.9. The Morgan fingerprint density at radius 1 is 0.943 bits per heavy atom. The molecule has 0 fully saturated rings. The number of rotatable bonds is 7. The van der Waals surface area contributed by atoms with Crippen molar-refractivity contribution in [1.82, 2.24) is 15.0 Å². The summed E-state index contributed by atoms with van der Waals surface area (Å²) in [6.45, 7) is 1.71. The first-order valence-electron chi connectivity index (χ1n) is 11.5. The molecule has 0 bridgehead atoms. The highest BCUT2D eigenvalue weighted by Gasteiger charge is 2.18. The predicted octanol–water partition coefficient (Wildman–Crippen LogP) is 5.32. The highest BCUT2D eigenvalue weighted by atomic mass is 16.5. The Hall–Kier alpha value is -4.39. The first kappa shape index (κ1) is 22.4. The third-order valence-corrected chi connectivity index (χ3v) is 6.10. The molecule has 0 aliphatic rings. The van der Waals surface area contributed by atoms with Gasteiger partial charge < -0.3 is 19.4 Å². The van der Waals surface area contributed by atoms with E-state index in [2.05, 4.69) is 15.0 Å². The highest BCUT2D eigenvalue weighted by Crippen LogP contribution is 2.32. The molecule has 7 heteroatoms. The number of methoxy groups -OCH3 is 1. The summed E-state index contributed by atoms with van der Waals surface area (Å²) in [6, 6.07) is 22.9. The number of nitrogens with zero attached hydrogens (tertiary/aromatic N) is 1. The molecule has 176 valence electrons. The number of carbonyl (C=O) groups excluding carboxylic acids is 1. The van der Waals surface area contributed by atoms with Crippen molar-refractivity contribution in [3.63, 3.8) is 0 Å². The van der Waals surface area contributed by atoms with E-state index in [0.717, 1.165) is 33.5 Å². The normalized spacial score (nSPS) is 12.1. The first-order chi connectivity index (χ1) is 17.0. The number of benzene rings is 3. The quantitative estimate of drug-likeness (QED) is 0.316. The van der Waals surface area contributed by atoms with Gasteiger partial charge in [0, 0.05) is 23.0 Å². The van der Waals surface area contributed by atoms with Gasteiger partial charge in [-0.25, -0.2) is 4.98 Å². The van der Waals surface area contributed by atoms with Crippen LogP contribution in [0.5, 0.6) is 5.75 Å². The molecular weight excluding hydrogens is 442 g/mol. The number of esters is 1. The summed E-state index contributed by atoms with van der Waals surface area (Å²) in [7, 11) is 1.64. The Labute approximate surface area is 201 Å². The molecule has 2 heterocycles. The Balaban J connectivity index is 1.35. The lowest BCUT2D eigenvalue weighted by atomic mass is 10.0. The van der Waals surface area contributed by atoms with Crippen molar-refractivity contribution in [2.75, 3.05) is 7.11 Å². The van der Waals surface area contributed by atoms with E-state index in [1.54, 1.807) is 32.2 Å². The summed E-state index contributed by atoms with van der Waals surface area (Å²) in [6.07, 6.45) is 0.00926. The molecule has 7 nitrogen and oxygen atoms in total. The molecule has 1 unspecified atom stereocenters. The van der Waals surface area contributed by atoms with Gasteiger partial charge >= 0.3 is 5.97 Å². The molecule has 0 spiro atoms. The Morgan fingerprint density at radius 2 is 1.66 bits per heavy atom. The first-order valence-corrected chi connectivity index (χ1v) is 11.5. The summed E-state index contributed by atoms with van der Waals surface area (Å²) >= 11 is 0. The molecule has 5 aromatic rings. The number of ether oxygens (including phenoxy) is 2. The number of fused-ring (bicyclic) bond motifs is 2. The van der Waals surface area contributed by atoms with Gasteiger partial charge in [-0.15, -0.1) is 0 Å². The Kier molecular flexibility index (Phi) is 6.06. The van der Waals surface area contributed by atoms with Crippen molar-refractivity contribution in [3.8, 4) is 17.0 Å². The summed E-state index contributed by atoms with van der Waals surface area (Å²) in [5.41, 5.74) is 4.35. The molecular formula is C28H25N3O4. The van der Waals surface area contributed by atoms with Crippen LogP contribution in [0.15, 0.2) is 77.6 Å². The van der Waals surface area contributed by atoms with E-state index >= 15 is 0 Å². The number of aromatic amines is 2. The van der Waals surface area contributed by atoms with E-state index < -0.39 is 6.10 Å². The third-order valence-electron chi connectivity index (χ3n) is 6.10. The topological polar surface area (TPSA) is 97.1 Å². The fraction of sp³-hybridized carbons (Fsp3) is 0.179. The molecule has 0 radical (unpaired) electrons. The van der Waals surface area contributed by atoms with Crippen LogP contribution in [0.4, 0.5) is 0 Å². The standard InChI is InChI=1S/C28H25N3O4/c1-17(27-30-24-10-6-4-8-22(24)28(33)31-27)35-25(32)16-15-21-20-7-3-5-9-23(20)29-26(21)18-11-13-19(34-2)14-12-18/h3-14,17,29H,15-16H2,1-2H3,(H,30,31,33). The minimum absolute atomic E-state index is 0.188. The molecule has 0 aliphatic carbocycles. The van der Waals surface area contributed by atoms with Crippen LogP contribution in [-0.4, -0.2) is 28.0 Å². The van der Waals surface area contributed by atoms with E-state index in [9.17, 15) is 9.59 Å². The Morgan fingerprint density at radius 3 is 2.43 bits per heavy atom. The van der Waals surface area contributed by atoms with Gasteiger partial charge in [0.15, 0.2) is 11.9 Å². The van der Waals surface area contributed by atoms with Gasteiger partial charge in [0.05, 0.1) is 18.0 Å². The zero-order chi connectivity index (χ0) is 24.4. The molecule has 3 aromatic carbocycles. The molecule has 5 rings (SSSR count). The lowest BCUT2D eigenvalue weighted by molar-refractivity contribution is -0.148. The highest BCUT2D eigenvalue weighted by molar-refractivity contribution is 5.91.